The average molecular weight is 537 g/mol. The van der Waals surface area contributed by atoms with Gasteiger partial charge >= 0.3 is 0 Å². The summed E-state index contributed by atoms with van der Waals surface area (Å²) in [6.07, 6.45) is 12.4. The molecule has 0 unspecified atom stereocenters. The second-order valence-electron chi connectivity index (χ2n) is 10.3. The van der Waals surface area contributed by atoms with Crippen LogP contribution in [0.4, 0.5) is 5.82 Å². The summed E-state index contributed by atoms with van der Waals surface area (Å²) < 4.78 is 7.15. The molecule has 10 nitrogen and oxygen atoms in total. The number of carbonyl (C=O) groups is 1. The van der Waals surface area contributed by atoms with Gasteiger partial charge in [0.15, 0.2) is 5.65 Å². The van der Waals surface area contributed by atoms with Gasteiger partial charge < -0.3 is 15.0 Å². The molecule has 1 N–H and O–H groups in total. The summed E-state index contributed by atoms with van der Waals surface area (Å²) >= 11 is 0. The van der Waals surface area contributed by atoms with E-state index < -0.39 is 0 Å². The zero-order valence-electron chi connectivity index (χ0n) is 23.9. The van der Waals surface area contributed by atoms with Gasteiger partial charge in [0.05, 0.1) is 13.2 Å². The van der Waals surface area contributed by atoms with E-state index in [4.69, 9.17) is 9.72 Å². The highest BCUT2D eigenvalue weighted by Gasteiger charge is 2.18. The molecule has 0 saturated carbocycles. The van der Waals surface area contributed by atoms with Gasteiger partial charge in [0.2, 0.25) is 5.82 Å². The molecule has 0 aliphatic carbocycles. The topological polar surface area (TPSA) is 101 Å². The molecule has 212 valence electrons. The minimum atomic E-state index is -0.269. The molecule has 3 aromatic rings. The first-order valence-electron chi connectivity index (χ1n) is 14.6. The molecule has 0 atom stereocenters. The molecule has 3 aromatic heterocycles. The molecule has 0 aromatic carbocycles. The maximum absolute atomic E-state index is 12.4. The van der Waals surface area contributed by atoms with Crippen LogP contribution in [0.3, 0.4) is 0 Å². The standard InChI is InChI=1S/C24H32N8O2.C5H12/c1-30-23-19(6-7-20(28-23)32-9-4-2-3-5-10-32)21(29-30)18-16-26-22(27-17-18)24(33)25-8-11-31-12-14-34-15-13-31;1-3-5-4-2/h6-7,16-17H,2-5,8-15H2,1H3,(H,25,33);3-5H2,1-2H3. The summed E-state index contributed by atoms with van der Waals surface area (Å²) in [7, 11) is 1.90. The van der Waals surface area contributed by atoms with E-state index in [1.165, 1.54) is 44.9 Å². The van der Waals surface area contributed by atoms with Crippen molar-refractivity contribution in [1.82, 2.24) is 34.9 Å². The third-order valence-electron chi connectivity index (χ3n) is 7.25. The lowest BCUT2D eigenvalue weighted by Gasteiger charge is -2.26. The van der Waals surface area contributed by atoms with Crippen LogP contribution in [-0.4, -0.2) is 88.0 Å². The number of hydrogen-bond donors (Lipinski definition) is 1. The molecule has 2 saturated heterocycles. The van der Waals surface area contributed by atoms with Crippen LogP contribution in [0.15, 0.2) is 24.5 Å². The summed E-state index contributed by atoms with van der Waals surface area (Å²) in [6.45, 7) is 11.2. The molecule has 2 fully saturated rings. The van der Waals surface area contributed by atoms with Gasteiger partial charge in [-0.25, -0.2) is 19.6 Å². The van der Waals surface area contributed by atoms with Gasteiger partial charge in [-0.2, -0.15) is 5.10 Å². The summed E-state index contributed by atoms with van der Waals surface area (Å²) in [5.41, 5.74) is 2.37. The first-order valence-corrected chi connectivity index (χ1v) is 14.6. The number of carbonyl (C=O) groups excluding carboxylic acids is 1. The van der Waals surface area contributed by atoms with Crippen molar-refractivity contribution in [3.05, 3.63) is 30.4 Å². The molecule has 1 amide bonds. The van der Waals surface area contributed by atoms with Gasteiger partial charge in [-0.3, -0.25) is 9.69 Å². The summed E-state index contributed by atoms with van der Waals surface area (Å²) in [5.74, 6) is 0.895. The zero-order valence-corrected chi connectivity index (χ0v) is 23.9. The van der Waals surface area contributed by atoms with Crippen molar-refractivity contribution in [3.63, 3.8) is 0 Å². The van der Waals surface area contributed by atoms with Crippen LogP contribution in [0.1, 0.15) is 69.4 Å². The molecule has 0 bridgehead atoms. The number of fused-ring (bicyclic) bond motifs is 1. The van der Waals surface area contributed by atoms with Crippen LogP contribution in [0.25, 0.3) is 22.3 Å². The third kappa shape index (κ3) is 7.95. The Morgan fingerprint density at radius 3 is 2.31 bits per heavy atom. The molecule has 2 aliphatic heterocycles. The number of aryl methyl sites for hydroxylation is 1. The highest BCUT2D eigenvalue weighted by Crippen LogP contribution is 2.28. The van der Waals surface area contributed by atoms with Crippen LogP contribution in [0, 0.1) is 0 Å². The molecular weight excluding hydrogens is 492 g/mol. The van der Waals surface area contributed by atoms with Crippen molar-refractivity contribution in [2.24, 2.45) is 7.05 Å². The lowest BCUT2D eigenvalue weighted by molar-refractivity contribution is 0.0383. The van der Waals surface area contributed by atoms with Crippen molar-refractivity contribution < 1.29 is 9.53 Å². The average Bonchev–Trinajstić information content (AvgIpc) is 3.12. The number of anilines is 1. The number of rotatable bonds is 8. The number of unbranched alkanes of at least 4 members (excludes halogenated alkanes) is 2. The number of aromatic nitrogens is 5. The van der Waals surface area contributed by atoms with E-state index in [9.17, 15) is 4.79 Å². The molecule has 5 heterocycles. The van der Waals surface area contributed by atoms with Crippen LogP contribution in [0.5, 0.6) is 0 Å². The summed E-state index contributed by atoms with van der Waals surface area (Å²) in [4.78, 5) is 30.6. The summed E-state index contributed by atoms with van der Waals surface area (Å²) in [5, 5.41) is 8.53. The fraction of sp³-hybridized carbons (Fsp3) is 0.621. The quantitative estimate of drug-likeness (QED) is 0.460. The Hall–Kier alpha value is -3.11. The number of nitrogens with one attached hydrogen (secondary N) is 1. The Morgan fingerprint density at radius 2 is 1.67 bits per heavy atom. The fourth-order valence-corrected chi connectivity index (χ4v) is 4.96. The van der Waals surface area contributed by atoms with Crippen molar-refractivity contribution in [2.45, 2.75) is 58.8 Å². The number of amides is 1. The number of morpholine rings is 1. The van der Waals surface area contributed by atoms with Crippen molar-refractivity contribution >= 4 is 22.8 Å². The maximum atomic E-state index is 12.4. The van der Waals surface area contributed by atoms with Gasteiger partial charge in [-0.1, -0.05) is 46.0 Å². The van der Waals surface area contributed by atoms with E-state index in [1.54, 1.807) is 17.1 Å². The molecule has 5 rings (SSSR count). The molecule has 10 heteroatoms. The molecular formula is C29H44N8O2. The fourth-order valence-electron chi connectivity index (χ4n) is 4.96. The van der Waals surface area contributed by atoms with Crippen molar-refractivity contribution in [1.29, 1.82) is 0 Å². The Bertz CT molecular complexity index is 1160. The van der Waals surface area contributed by atoms with E-state index in [0.29, 0.717) is 6.54 Å². The molecule has 0 radical (unpaired) electrons. The maximum Gasteiger partial charge on any atom is 0.289 e. The Morgan fingerprint density at radius 1 is 0.974 bits per heavy atom. The van der Waals surface area contributed by atoms with E-state index in [1.807, 2.05) is 7.05 Å². The number of ether oxygens (including phenoxy) is 1. The Balaban J connectivity index is 0.000000648. The van der Waals surface area contributed by atoms with Gasteiger partial charge in [0.1, 0.15) is 11.5 Å². The first-order chi connectivity index (χ1) is 19.1. The van der Waals surface area contributed by atoms with Crippen molar-refractivity contribution in [3.8, 4) is 11.3 Å². The van der Waals surface area contributed by atoms with Gasteiger partial charge in [-0.15, -0.1) is 0 Å². The van der Waals surface area contributed by atoms with Gasteiger partial charge in [0, 0.05) is 69.7 Å². The van der Waals surface area contributed by atoms with Gasteiger partial charge in [-0.05, 0) is 25.0 Å². The van der Waals surface area contributed by atoms with E-state index in [2.05, 4.69) is 56.2 Å². The zero-order chi connectivity index (χ0) is 27.5. The first kappa shape index (κ1) is 28.9. The third-order valence-corrected chi connectivity index (χ3v) is 7.25. The lowest BCUT2D eigenvalue weighted by Crippen LogP contribution is -2.41. The number of hydrogen-bond acceptors (Lipinski definition) is 8. The smallest absolute Gasteiger partial charge is 0.289 e. The Kier molecular flexibility index (Phi) is 11.0. The minimum Gasteiger partial charge on any atom is -0.379 e. The lowest BCUT2D eigenvalue weighted by atomic mass is 10.1. The number of pyridine rings is 1. The largest absolute Gasteiger partial charge is 0.379 e. The second kappa shape index (κ2) is 14.9. The SMILES string of the molecule is CCCCC.Cn1nc(-c2cnc(C(=O)NCCN3CCOCC3)nc2)c2ccc(N3CCCCCC3)nc21. The van der Waals surface area contributed by atoms with Crippen LogP contribution in [0.2, 0.25) is 0 Å². The summed E-state index contributed by atoms with van der Waals surface area (Å²) in [6, 6.07) is 4.16. The van der Waals surface area contributed by atoms with Crippen LogP contribution < -0.4 is 10.2 Å². The molecule has 0 spiro atoms. The van der Waals surface area contributed by atoms with E-state index >= 15 is 0 Å². The number of nitrogens with zero attached hydrogens (tertiary/aromatic N) is 7. The predicted molar refractivity (Wildman–Crippen MR) is 155 cm³/mol. The highest BCUT2D eigenvalue weighted by molar-refractivity contribution is 5.93. The molecule has 39 heavy (non-hydrogen) atoms. The van der Waals surface area contributed by atoms with E-state index in [0.717, 1.165) is 74.0 Å². The minimum absolute atomic E-state index is 0.160. The monoisotopic (exact) mass is 536 g/mol. The predicted octanol–water partition coefficient (Wildman–Crippen LogP) is 4.06. The molecule has 2 aliphatic rings. The normalized spacial score (nSPS) is 16.4. The van der Waals surface area contributed by atoms with E-state index in [-0.39, 0.29) is 11.7 Å². The van der Waals surface area contributed by atoms with Crippen molar-refractivity contribution in [2.75, 3.05) is 57.4 Å². The highest BCUT2D eigenvalue weighted by atomic mass is 16.5. The second-order valence-corrected chi connectivity index (χ2v) is 10.3. The van der Waals surface area contributed by atoms with Crippen LogP contribution in [-0.2, 0) is 11.8 Å². The van der Waals surface area contributed by atoms with Gasteiger partial charge in [0.25, 0.3) is 5.91 Å². The Labute approximate surface area is 232 Å². The van der Waals surface area contributed by atoms with Crippen LogP contribution >= 0.6 is 0 Å².